The van der Waals surface area contributed by atoms with Crippen LogP contribution in [0.15, 0.2) is 12.1 Å². The summed E-state index contributed by atoms with van der Waals surface area (Å²) in [4.78, 5) is 0. The quantitative estimate of drug-likeness (QED) is 0.747. The molecule has 15 heavy (non-hydrogen) atoms. The fraction of sp³-hybridized carbons (Fsp3) is 0.455. The fourth-order valence-electron chi connectivity index (χ4n) is 1.55. The van der Waals surface area contributed by atoms with Gasteiger partial charge in [-0.1, -0.05) is 0 Å². The molecule has 1 unspecified atom stereocenters. The molecule has 0 fully saturated rings. The molecular weight excluding hydrogens is 196 g/mol. The molecule has 0 bridgehead atoms. The van der Waals surface area contributed by atoms with Crippen LogP contribution < -0.4 is 14.2 Å². The number of methoxy groups -OCH3 is 2. The van der Waals surface area contributed by atoms with Crippen molar-refractivity contribution < 1.29 is 18.9 Å². The van der Waals surface area contributed by atoms with Crippen LogP contribution in [-0.4, -0.2) is 20.5 Å². The lowest BCUT2D eigenvalue weighted by molar-refractivity contribution is -0.0956. The van der Waals surface area contributed by atoms with Gasteiger partial charge in [-0.05, 0) is 13.0 Å². The van der Waals surface area contributed by atoms with Gasteiger partial charge in [-0.25, -0.2) is 0 Å². The molecule has 0 aromatic heterocycles. The van der Waals surface area contributed by atoms with Crippen molar-refractivity contribution in [3.63, 3.8) is 0 Å². The average molecular weight is 210 g/mol. The van der Waals surface area contributed by atoms with Crippen molar-refractivity contribution >= 4 is 0 Å². The zero-order valence-electron chi connectivity index (χ0n) is 9.07. The summed E-state index contributed by atoms with van der Waals surface area (Å²) in [5.74, 6) is 2.17. The van der Waals surface area contributed by atoms with Crippen LogP contribution in [0.25, 0.3) is 0 Å². The molecule has 82 valence electrons. The summed E-state index contributed by atoms with van der Waals surface area (Å²) in [7, 11) is 3.23. The number of benzene rings is 1. The number of hydrogen-bond acceptors (Lipinski definition) is 4. The van der Waals surface area contributed by atoms with Crippen molar-refractivity contribution in [3.05, 3.63) is 17.7 Å². The molecule has 4 heteroatoms. The predicted octanol–water partition coefficient (Wildman–Crippen LogP) is 1.96. The first-order chi connectivity index (χ1) is 7.24. The highest BCUT2D eigenvalue weighted by molar-refractivity contribution is 5.52. The Morgan fingerprint density at radius 2 is 2.07 bits per heavy atom. The molecule has 0 saturated heterocycles. The summed E-state index contributed by atoms with van der Waals surface area (Å²) in [5, 5.41) is 0. The molecule has 0 N–H and O–H groups in total. The minimum absolute atomic E-state index is 0.236. The second-order valence-electron chi connectivity index (χ2n) is 3.31. The first-order valence-electron chi connectivity index (χ1n) is 4.77. The first kappa shape index (κ1) is 10.1. The molecule has 1 aromatic rings. The van der Waals surface area contributed by atoms with Crippen molar-refractivity contribution in [2.75, 3.05) is 14.2 Å². The molecule has 2 rings (SSSR count). The normalized spacial score (nSPS) is 19.0. The van der Waals surface area contributed by atoms with Crippen LogP contribution in [0.4, 0.5) is 0 Å². The van der Waals surface area contributed by atoms with Crippen LogP contribution >= 0.6 is 0 Å². The van der Waals surface area contributed by atoms with E-state index in [-0.39, 0.29) is 6.29 Å². The van der Waals surface area contributed by atoms with Gasteiger partial charge >= 0.3 is 0 Å². The van der Waals surface area contributed by atoms with E-state index >= 15 is 0 Å². The highest BCUT2D eigenvalue weighted by Gasteiger charge is 2.21. The van der Waals surface area contributed by atoms with E-state index in [0.717, 1.165) is 17.1 Å². The molecule has 0 spiro atoms. The zero-order chi connectivity index (χ0) is 10.8. The Morgan fingerprint density at radius 1 is 1.27 bits per heavy atom. The van der Waals surface area contributed by atoms with Crippen molar-refractivity contribution in [1.29, 1.82) is 0 Å². The van der Waals surface area contributed by atoms with Gasteiger partial charge in [-0.3, -0.25) is 0 Å². The van der Waals surface area contributed by atoms with Crippen LogP contribution in [0.1, 0.15) is 12.5 Å². The third-order valence-electron chi connectivity index (χ3n) is 2.32. The Hall–Kier alpha value is -1.42. The topological polar surface area (TPSA) is 36.9 Å². The van der Waals surface area contributed by atoms with Gasteiger partial charge < -0.3 is 18.9 Å². The zero-order valence-corrected chi connectivity index (χ0v) is 9.07. The fourth-order valence-corrected chi connectivity index (χ4v) is 1.55. The Labute approximate surface area is 88.7 Å². The molecule has 0 radical (unpaired) electrons. The maximum absolute atomic E-state index is 5.55. The van der Waals surface area contributed by atoms with E-state index in [9.17, 15) is 0 Å². The van der Waals surface area contributed by atoms with E-state index < -0.39 is 0 Å². The van der Waals surface area contributed by atoms with Crippen molar-refractivity contribution in [2.45, 2.75) is 19.8 Å². The van der Waals surface area contributed by atoms with Gasteiger partial charge in [0.15, 0.2) is 17.8 Å². The predicted molar refractivity (Wildman–Crippen MR) is 54.4 cm³/mol. The minimum atomic E-state index is -0.236. The van der Waals surface area contributed by atoms with Gasteiger partial charge in [0.25, 0.3) is 0 Å². The lowest BCUT2D eigenvalue weighted by Gasteiger charge is -2.25. The molecule has 1 aromatic carbocycles. The van der Waals surface area contributed by atoms with Crippen LogP contribution in [0.3, 0.4) is 0 Å². The van der Waals surface area contributed by atoms with Crippen molar-refractivity contribution in [2.24, 2.45) is 0 Å². The summed E-state index contributed by atoms with van der Waals surface area (Å²) in [6.07, 6.45) is -0.236. The van der Waals surface area contributed by atoms with Gasteiger partial charge in [0.2, 0.25) is 0 Å². The van der Waals surface area contributed by atoms with Gasteiger partial charge in [0.1, 0.15) is 5.75 Å². The maximum Gasteiger partial charge on any atom is 0.197 e. The minimum Gasteiger partial charge on any atom is -0.497 e. The maximum atomic E-state index is 5.55. The first-order valence-corrected chi connectivity index (χ1v) is 4.77. The lowest BCUT2D eigenvalue weighted by Crippen LogP contribution is -2.22. The summed E-state index contributed by atoms with van der Waals surface area (Å²) >= 11 is 0. The van der Waals surface area contributed by atoms with E-state index in [0.29, 0.717) is 12.4 Å². The van der Waals surface area contributed by atoms with E-state index in [1.54, 1.807) is 20.3 Å². The van der Waals surface area contributed by atoms with E-state index in [1.165, 1.54) is 0 Å². The molecule has 4 nitrogen and oxygen atoms in total. The van der Waals surface area contributed by atoms with Gasteiger partial charge in [0.05, 0.1) is 20.8 Å². The summed E-state index contributed by atoms with van der Waals surface area (Å²) in [5.41, 5.74) is 0.948. The summed E-state index contributed by atoms with van der Waals surface area (Å²) in [6, 6.07) is 3.70. The standard InChI is InChI=1S/C11H14O4/c1-7-14-6-8-4-9(12-2)5-10(13-3)11(8)15-7/h4-5,7H,6H2,1-3H3. The SMILES string of the molecule is COc1cc2c(c(OC)c1)OC(C)OC2. The second kappa shape index (κ2) is 3.98. The van der Waals surface area contributed by atoms with Crippen LogP contribution in [0.2, 0.25) is 0 Å². The van der Waals surface area contributed by atoms with Crippen LogP contribution in [-0.2, 0) is 11.3 Å². The third kappa shape index (κ3) is 1.85. The summed E-state index contributed by atoms with van der Waals surface area (Å²) < 4.78 is 21.3. The van der Waals surface area contributed by atoms with Crippen molar-refractivity contribution in [1.82, 2.24) is 0 Å². The van der Waals surface area contributed by atoms with Crippen LogP contribution in [0, 0.1) is 0 Å². The Bertz CT molecular complexity index is 345. The molecule has 1 atom stereocenters. The highest BCUT2D eigenvalue weighted by Crippen LogP contribution is 2.39. The van der Waals surface area contributed by atoms with E-state index in [4.69, 9.17) is 18.9 Å². The second-order valence-corrected chi connectivity index (χ2v) is 3.31. The molecule has 0 amide bonds. The molecule has 0 aliphatic carbocycles. The lowest BCUT2D eigenvalue weighted by atomic mass is 10.1. The molecule has 1 aliphatic rings. The van der Waals surface area contributed by atoms with E-state index in [1.807, 2.05) is 13.0 Å². The Morgan fingerprint density at radius 3 is 2.73 bits per heavy atom. The van der Waals surface area contributed by atoms with Gasteiger partial charge in [0, 0.05) is 11.6 Å². The average Bonchev–Trinajstić information content (AvgIpc) is 2.27. The Kier molecular flexibility index (Phi) is 2.68. The smallest absolute Gasteiger partial charge is 0.197 e. The third-order valence-corrected chi connectivity index (χ3v) is 2.32. The van der Waals surface area contributed by atoms with Crippen molar-refractivity contribution in [3.8, 4) is 17.2 Å². The largest absolute Gasteiger partial charge is 0.497 e. The summed E-state index contributed by atoms with van der Waals surface area (Å²) in [6.45, 7) is 2.37. The number of hydrogen-bond donors (Lipinski definition) is 0. The number of fused-ring (bicyclic) bond motifs is 1. The number of ether oxygens (including phenoxy) is 4. The number of rotatable bonds is 2. The van der Waals surface area contributed by atoms with E-state index in [2.05, 4.69) is 0 Å². The molecule has 0 saturated carbocycles. The molecular formula is C11H14O4. The monoisotopic (exact) mass is 210 g/mol. The Balaban J connectivity index is 2.44. The molecule has 1 aliphatic heterocycles. The van der Waals surface area contributed by atoms with Gasteiger partial charge in [-0.15, -0.1) is 0 Å². The van der Waals surface area contributed by atoms with Crippen LogP contribution in [0.5, 0.6) is 17.2 Å². The molecule has 1 heterocycles. The highest BCUT2D eigenvalue weighted by atomic mass is 16.7. The van der Waals surface area contributed by atoms with Gasteiger partial charge in [-0.2, -0.15) is 0 Å².